The van der Waals surface area contributed by atoms with Crippen molar-refractivity contribution >= 4 is 43.7 Å². The van der Waals surface area contributed by atoms with Gasteiger partial charge in [0.2, 0.25) is 0 Å². The van der Waals surface area contributed by atoms with E-state index < -0.39 is 0 Å². The van der Waals surface area contributed by atoms with E-state index in [4.69, 9.17) is 19.4 Å². The molecule has 0 aliphatic rings. The zero-order valence-electron chi connectivity index (χ0n) is 30.9. The molecule has 0 unspecified atom stereocenters. The van der Waals surface area contributed by atoms with Crippen molar-refractivity contribution in [1.29, 1.82) is 0 Å². The molecule has 11 aromatic rings. The monoisotopic (exact) mass is 730 g/mol. The largest absolute Gasteiger partial charge is 0.456 e. The number of para-hydroxylation sites is 2. The molecule has 268 valence electrons. The molecule has 0 aliphatic carbocycles. The van der Waals surface area contributed by atoms with Crippen LogP contribution in [0.2, 0.25) is 0 Å². The van der Waals surface area contributed by atoms with E-state index in [-0.39, 0.29) is 0 Å². The number of furan rings is 1. The van der Waals surface area contributed by atoms with Crippen LogP contribution in [0.1, 0.15) is 11.1 Å². The zero-order valence-corrected chi connectivity index (χ0v) is 30.9. The average molecular weight is 731 g/mol. The molecule has 0 amide bonds. The Bertz CT molecular complexity index is 3200. The number of rotatable bonds is 7. The minimum Gasteiger partial charge on any atom is -0.456 e. The molecule has 0 fully saturated rings. The highest BCUT2D eigenvalue weighted by Crippen LogP contribution is 2.39. The van der Waals surface area contributed by atoms with Gasteiger partial charge in [-0.2, -0.15) is 0 Å². The fraction of sp³-hybridized carbons (Fsp3) is 0.0192. The molecule has 8 aromatic carbocycles. The van der Waals surface area contributed by atoms with E-state index in [1.807, 2.05) is 72.8 Å². The Hall–Kier alpha value is -7.63. The van der Waals surface area contributed by atoms with Gasteiger partial charge in [-0.15, -0.1) is 0 Å². The highest BCUT2D eigenvalue weighted by molar-refractivity contribution is 6.11. The number of hydrogen-bond acceptors (Lipinski definition) is 4. The summed E-state index contributed by atoms with van der Waals surface area (Å²) in [6.45, 7) is 0. The van der Waals surface area contributed by atoms with Gasteiger partial charge < -0.3 is 8.98 Å². The molecule has 57 heavy (non-hydrogen) atoms. The van der Waals surface area contributed by atoms with Crippen LogP contribution in [0, 0.1) is 0 Å². The number of benzene rings is 8. The summed E-state index contributed by atoms with van der Waals surface area (Å²) in [5, 5.41) is 4.63. The van der Waals surface area contributed by atoms with Gasteiger partial charge in [0.15, 0.2) is 17.5 Å². The van der Waals surface area contributed by atoms with E-state index in [0.29, 0.717) is 17.5 Å². The van der Waals surface area contributed by atoms with E-state index in [2.05, 4.69) is 126 Å². The molecular weight excluding hydrogens is 697 g/mol. The van der Waals surface area contributed by atoms with Crippen LogP contribution in [-0.4, -0.2) is 19.5 Å². The smallest absolute Gasteiger partial charge is 0.164 e. The summed E-state index contributed by atoms with van der Waals surface area (Å²) >= 11 is 0. The van der Waals surface area contributed by atoms with E-state index in [1.54, 1.807) is 0 Å². The van der Waals surface area contributed by atoms with Crippen molar-refractivity contribution in [2.24, 2.45) is 0 Å². The van der Waals surface area contributed by atoms with Gasteiger partial charge in [0, 0.05) is 38.2 Å². The summed E-state index contributed by atoms with van der Waals surface area (Å²) in [7, 11) is 0. The minimum absolute atomic E-state index is 0.625. The van der Waals surface area contributed by atoms with Crippen LogP contribution in [0.15, 0.2) is 199 Å². The first-order chi connectivity index (χ1) is 28.2. The molecule has 5 heteroatoms. The minimum atomic E-state index is 0.625. The lowest BCUT2D eigenvalue weighted by Gasteiger charge is -2.16. The van der Waals surface area contributed by atoms with Gasteiger partial charge in [0.25, 0.3) is 0 Å². The van der Waals surface area contributed by atoms with Crippen LogP contribution in [0.25, 0.3) is 94.7 Å². The number of nitrogens with zero attached hydrogens (tertiary/aromatic N) is 4. The molecule has 0 spiro atoms. The van der Waals surface area contributed by atoms with E-state index >= 15 is 0 Å². The second kappa shape index (κ2) is 13.6. The van der Waals surface area contributed by atoms with Crippen LogP contribution in [0.4, 0.5) is 0 Å². The van der Waals surface area contributed by atoms with E-state index in [9.17, 15) is 0 Å². The maximum Gasteiger partial charge on any atom is 0.164 e. The van der Waals surface area contributed by atoms with Crippen LogP contribution in [-0.2, 0) is 6.42 Å². The third kappa shape index (κ3) is 5.85. The third-order valence-electron chi connectivity index (χ3n) is 10.9. The van der Waals surface area contributed by atoms with Crippen molar-refractivity contribution in [3.63, 3.8) is 0 Å². The Kier molecular flexibility index (Phi) is 7.81. The zero-order chi connectivity index (χ0) is 37.7. The second-order valence-electron chi connectivity index (χ2n) is 14.4. The van der Waals surface area contributed by atoms with Crippen LogP contribution in [0.5, 0.6) is 0 Å². The molecule has 11 rings (SSSR count). The molecule has 3 aromatic heterocycles. The van der Waals surface area contributed by atoms with E-state index in [1.165, 1.54) is 21.9 Å². The Balaban J connectivity index is 1.12. The standard InChI is InChI=1S/C52H34N4O/c1-4-14-34(15-5-1)30-39-24-25-40(52-54-50(35-16-6-2-7-17-35)53-51(55-52)36-18-8-3-9-19-36)33-47(39)56-45-22-12-10-20-41(45)43-31-37(26-28-46(43)56)38-27-29-49-44(32-38)42-21-11-13-23-48(42)57-49/h1-29,31-33H,30H2. The molecule has 0 saturated heterocycles. The predicted octanol–water partition coefficient (Wildman–Crippen LogP) is 13.1. The fourth-order valence-corrected chi connectivity index (χ4v) is 8.13. The lowest BCUT2D eigenvalue weighted by Crippen LogP contribution is -2.04. The first-order valence-electron chi connectivity index (χ1n) is 19.2. The van der Waals surface area contributed by atoms with Crippen molar-refractivity contribution in [3.05, 3.63) is 205 Å². The SMILES string of the molecule is c1ccc(Cc2ccc(-c3nc(-c4ccccc4)nc(-c4ccccc4)n3)cc2-n2c3ccccc3c3cc(-c4ccc5oc6ccccc6c5c4)ccc32)cc1. The first-order valence-corrected chi connectivity index (χ1v) is 19.2. The summed E-state index contributed by atoms with van der Waals surface area (Å²) in [5.74, 6) is 1.90. The molecule has 0 radical (unpaired) electrons. The maximum atomic E-state index is 6.16. The van der Waals surface area contributed by atoms with Gasteiger partial charge in [-0.3, -0.25) is 0 Å². The highest BCUT2D eigenvalue weighted by Gasteiger charge is 2.19. The van der Waals surface area contributed by atoms with Gasteiger partial charge in [0.1, 0.15) is 11.2 Å². The molecule has 0 bridgehead atoms. The summed E-state index contributed by atoms with van der Waals surface area (Å²) < 4.78 is 8.58. The fourth-order valence-electron chi connectivity index (χ4n) is 8.13. The van der Waals surface area contributed by atoms with Crippen molar-refractivity contribution in [3.8, 4) is 51.0 Å². The lowest BCUT2D eigenvalue weighted by molar-refractivity contribution is 0.669. The topological polar surface area (TPSA) is 56.7 Å². The molecule has 0 aliphatic heterocycles. The quantitative estimate of drug-likeness (QED) is 0.164. The summed E-state index contributed by atoms with van der Waals surface area (Å²) in [4.78, 5) is 15.2. The highest BCUT2D eigenvalue weighted by atomic mass is 16.3. The van der Waals surface area contributed by atoms with Gasteiger partial charge >= 0.3 is 0 Å². The van der Waals surface area contributed by atoms with Crippen molar-refractivity contribution in [2.45, 2.75) is 6.42 Å². The molecule has 3 heterocycles. The van der Waals surface area contributed by atoms with Crippen molar-refractivity contribution in [1.82, 2.24) is 19.5 Å². The molecule has 0 N–H and O–H groups in total. The first kappa shape index (κ1) is 32.8. The molecule has 5 nitrogen and oxygen atoms in total. The molecule has 0 saturated carbocycles. The Morgan fingerprint density at radius 1 is 0.368 bits per heavy atom. The number of fused-ring (bicyclic) bond motifs is 6. The van der Waals surface area contributed by atoms with Crippen LogP contribution < -0.4 is 0 Å². The Morgan fingerprint density at radius 3 is 1.61 bits per heavy atom. The van der Waals surface area contributed by atoms with Gasteiger partial charge in [-0.1, -0.05) is 152 Å². The van der Waals surface area contributed by atoms with Gasteiger partial charge in [-0.25, -0.2) is 15.0 Å². The Labute approximate surface area is 329 Å². The Morgan fingerprint density at radius 2 is 0.895 bits per heavy atom. The lowest BCUT2D eigenvalue weighted by atomic mass is 10.00. The summed E-state index contributed by atoms with van der Waals surface area (Å²) in [6, 6.07) is 67.9. The van der Waals surface area contributed by atoms with Crippen molar-refractivity contribution in [2.75, 3.05) is 0 Å². The third-order valence-corrected chi connectivity index (χ3v) is 10.9. The summed E-state index contributed by atoms with van der Waals surface area (Å²) in [6.07, 6.45) is 0.767. The number of hydrogen-bond donors (Lipinski definition) is 0. The van der Waals surface area contributed by atoms with E-state index in [0.717, 1.165) is 72.9 Å². The van der Waals surface area contributed by atoms with Crippen LogP contribution >= 0.6 is 0 Å². The van der Waals surface area contributed by atoms with Crippen LogP contribution in [0.3, 0.4) is 0 Å². The molecular formula is C52H34N4O. The maximum absolute atomic E-state index is 6.16. The van der Waals surface area contributed by atoms with Gasteiger partial charge in [-0.05, 0) is 71.1 Å². The van der Waals surface area contributed by atoms with Gasteiger partial charge in [0.05, 0.1) is 16.7 Å². The predicted molar refractivity (Wildman–Crippen MR) is 232 cm³/mol. The van der Waals surface area contributed by atoms with Crippen molar-refractivity contribution < 1.29 is 4.42 Å². The average Bonchev–Trinajstić information content (AvgIpc) is 3.82. The summed E-state index contributed by atoms with van der Waals surface area (Å²) in [5.41, 5.74) is 12.7. The normalized spacial score (nSPS) is 11.6. The molecule has 0 atom stereocenters. The second-order valence-corrected chi connectivity index (χ2v) is 14.4. The number of aromatic nitrogens is 4.